The number of nitrogens with one attached hydrogen (secondary N) is 1. The maximum Gasteiger partial charge on any atom is 0.416 e. The lowest BCUT2D eigenvalue weighted by molar-refractivity contribution is -0.144. The molecule has 0 radical (unpaired) electrons. The number of benzene rings is 2. The molecule has 2 heterocycles. The Balaban J connectivity index is 1.49. The van der Waals surface area contributed by atoms with Crippen LogP contribution in [0.4, 0.5) is 13.2 Å². The minimum Gasteiger partial charge on any atom is -0.481 e. The van der Waals surface area contributed by atoms with Crippen LogP contribution in [0.1, 0.15) is 48.8 Å². The van der Waals surface area contributed by atoms with E-state index in [4.69, 9.17) is 5.73 Å². The number of hydrogen-bond donors (Lipinski definition) is 3. The van der Waals surface area contributed by atoms with Crippen LogP contribution in [-0.2, 0) is 33.5 Å². The zero-order valence-corrected chi connectivity index (χ0v) is 22.1. The number of carbonyl (C=O) groups is 3. The van der Waals surface area contributed by atoms with Crippen molar-refractivity contribution in [2.24, 2.45) is 5.73 Å². The highest BCUT2D eigenvalue weighted by molar-refractivity contribution is 5.90. The van der Waals surface area contributed by atoms with Crippen molar-refractivity contribution in [3.8, 4) is 0 Å². The molecule has 0 spiro atoms. The lowest BCUT2D eigenvalue weighted by atomic mass is 10.0. The zero-order valence-electron chi connectivity index (χ0n) is 22.1. The van der Waals surface area contributed by atoms with Gasteiger partial charge in [0, 0.05) is 38.1 Å². The van der Waals surface area contributed by atoms with Crippen LogP contribution in [-0.4, -0.2) is 69.9 Å². The lowest BCUT2D eigenvalue weighted by Crippen LogP contribution is -2.53. The number of carbonyl (C=O) groups excluding carboxylic acids is 2. The van der Waals surface area contributed by atoms with Crippen LogP contribution >= 0.6 is 0 Å². The average Bonchev–Trinajstić information content (AvgIpc) is 3.26. The van der Waals surface area contributed by atoms with Crippen molar-refractivity contribution >= 4 is 17.8 Å². The third-order valence-corrected chi connectivity index (χ3v) is 7.78. The summed E-state index contributed by atoms with van der Waals surface area (Å²) in [6.07, 6.45) is -2.15. The van der Waals surface area contributed by atoms with Gasteiger partial charge in [0.25, 0.3) is 0 Å². The molecule has 4 atom stereocenters. The van der Waals surface area contributed by atoms with Crippen molar-refractivity contribution in [2.75, 3.05) is 13.1 Å². The first kappa shape index (κ1) is 29.5. The average molecular weight is 561 g/mol. The fourth-order valence-electron chi connectivity index (χ4n) is 5.70. The van der Waals surface area contributed by atoms with Crippen LogP contribution in [0.5, 0.6) is 0 Å². The Hall–Kier alpha value is -3.44. The highest BCUT2D eigenvalue weighted by atomic mass is 19.4. The topological polar surface area (TPSA) is 116 Å². The second kappa shape index (κ2) is 12.8. The van der Waals surface area contributed by atoms with Gasteiger partial charge < -0.3 is 21.1 Å². The number of aliphatic carboxylic acids is 1. The maximum absolute atomic E-state index is 13.8. The standard InChI is InChI=1S/C29H35F3N4O4/c30-29(31,32)21-9-6-20(7-10-21)17-34-27(39)24(12-13-26(37)38)35-15-14-23(11-8-19-4-2-1-3-5-19)36-18-22(33)16-25(36)28(35)40/h1-7,9-10,22-25H,8,11-18,33H2,(H,34,39)(H,37,38)/t22-,23?,24-,25+/m1/s1. The molecular weight excluding hydrogens is 525 g/mol. The molecule has 0 aromatic heterocycles. The second-order valence-electron chi connectivity index (χ2n) is 10.6. The minimum absolute atomic E-state index is 0.0529. The first-order valence-corrected chi connectivity index (χ1v) is 13.5. The third kappa shape index (κ3) is 7.39. The van der Waals surface area contributed by atoms with Gasteiger partial charge in [-0.15, -0.1) is 0 Å². The molecule has 40 heavy (non-hydrogen) atoms. The number of carboxylic acids is 1. The molecule has 0 bridgehead atoms. The van der Waals surface area contributed by atoms with Crippen LogP contribution in [0.25, 0.3) is 0 Å². The van der Waals surface area contributed by atoms with E-state index >= 15 is 0 Å². The highest BCUT2D eigenvalue weighted by Gasteiger charge is 2.45. The van der Waals surface area contributed by atoms with Crippen molar-refractivity contribution in [2.45, 2.75) is 75.4 Å². The summed E-state index contributed by atoms with van der Waals surface area (Å²) in [6, 6.07) is 12.9. The van der Waals surface area contributed by atoms with Crippen molar-refractivity contribution in [1.82, 2.24) is 15.1 Å². The van der Waals surface area contributed by atoms with Gasteiger partial charge in [-0.05, 0) is 55.4 Å². The summed E-state index contributed by atoms with van der Waals surface area (Å²) in [4.78, 5) is 42.2. The van der Waals surface area contributed by atoms with E-state index in [9.17, 15) is 32.7 Å². The normalized spacial score (nSPS) is 22.4. The van der Waals surface area contributed by atoms with E-state index in [0.29, 0.717) is 31.5 Å². The Bertz CT molecular complexity index is 1180. The van der Waals surface area contributed by atoms with E-state index in [1.165, 1.54) is 22.6 Å². The molecule has 2 aliphatic rings. The van der Waals surface area contributed by atoms with E-state index in [1.807, 2.05) is 18.2 Å². The molecule has 2 aromatic rings. The summed E-state index contributed by atoms with van der Waals surface area (Å²) >= 11 is 0. The van der Waals surface area contributed by atoms with Gasteiger partial charge in [0.15, 0.2) is 0 Å². The Morgan fingerprint density at radius 1 is 1.07 bits per heavy atom. The molecule has 11 heteroatoms. The number of alkyl halides is 3. The number of carboxylic acid groups (broad SMARTS) is 1. The fraction of sp³-hybridized carbons (Fsp3) is 0.483. The van der Waals surface area contributed by atoms with Crippen molar-refractivity contribution < 1.29 is 32.7 Å². The number of nitrogens with zero attached hydrogens (tertiary/aromatic N) is 2. The second-order valence-corrected chi connectivity index (χ2v) is 10.6. The Morgan fingerprint density at radius 2 is 1.77 bits per heavy atom. The SMILES string of the molecule is N[C@@H]1C[C@H]2C(=O)N([C@H](CCC(=O)O)C(=O)NCc3ccc(C(F)(F)F)cc3)CCC(CCc3ccccc3)N2C1. The summed E-state index contributed by atoms with van der Waals surface area (Å²) in [5.74, 6) is -1.87. The Labute approximate surface area is 231 Å². The van der Waals surface area contributed by atoms with E-state index in [2.05, 4.69) is 22.3 Å². The first-order chi connectivity index (χ1) is 19.0. The number of aryl methyl sites for hydroxylation is 1. The number of amides is 2. The number of nitrogens with two attached hydrogens (primary N) is 1. The molecule has 2 amide bonds. The highest BCUT2D eigenvalue weighted by Crippen LogP contribution is 2.31. The summed E-state index contributed by atoms with van der Waals surface area (Å²) in [5, 5.41) is 12.0. The molecular formula is C29H35F3N4O4. The van der Waals surface area contributed by atoms with Gasteiger partial charge in [0.05, 0.1) is 11.6 Å². The van der Waals surface area contributed by atoms with Crippen molar-refractivity contribution in [3.63, 3.8) is 0 Å². The number of hydrogen-bond acceptors (Lipinski definition) is 5. The molecule has 8 nitrogen and oxygen atoms in total. The number of rotatable bonds is 10. The number of fused-ring (bicyclic) bond motifs is 1. The van der Waals surface area contributed by atoms with Crippen molar-refractivity contribution in [3.05, 3.63) is 71.3 Å². The largest absolute Gasteiger partial charge is 0.481 e. The van der Waals surface area contributed by atoms with Gasteiger partial charge in [-0.2, -0.15) is 13.2 Å². The summed E-state index contributed by atoms with van der Waals surface area (Å²) in [7, 11) is 0. The van der Waals surface area contributed by atoms with E-state index in [1.54, 1.807) is 0 Å². The first-order valence-electron chi connectivity index (χ1n) is 13.5. The van der Waals surface area contributed by atoms with E-state index in [-0.39, 0.29) is 37.4 Å². The van der Waals surface area contributed by atoms with Crippen LogP contribution in [0, 0.1) is 0 Å². The van der Waals surface area contributed by atoms with Crippen LogP contribution in [0.15, 0.2) is 54.6 Å². The van der Waals surface area contributed by atoms with Gasteiger partial charge in [0.1, 0.15) is 6.04 Å². The summed E-state index contributed by atoms with van der Waals surface area (Å²) < 4.78 is 38.6. The van der Waals surface area contributed by atoms with Gasteiger partial charge in [0.2, 0.25) is 11.8 Å². The maximum atomic E-state index is 13.8. The predicted octanol–water partition coefficient (Wildman–Crippen LogP) is 3.19. The van der Waals surface area contributed by atoms with Gasteiger partial charge in [-0.25, -0.2) is 0 Å². The van der Waals surface area contributed by atoms with Crippen LogP contribution in [0.2, 0.25) is 0 Å². The molecule has 0 saturated carbocycles. The third-order valence-electron chi connectivity index (χ3n) is 7.78. The molecule has 216 valence electrons. The number of halogens is 3. The smallest absolute Gasteiger partial charge is 0.416 e. The van der Waals surface area contributed by atoms with Gasteiger partial charge in [-0.1, -0.05) is 42.5 Å². The quantitative estimate of drug-likeness (QED) is 0.411. The van der Waals surface area contributed by atoms with Crippen LogP contribution in [0.3, 0.4) is 0 Å². The molecule has 2 aromatic carbocycles. The molecule has 0 aliphatic carbocycles. The Morgan fingerprint density at radius 3 is 2.42 bits per heavy atom. The molecule has 2 fully saturated rings. The molecule has 2 aliphatic heterocycles. The fourth-order valence-corrected chi connectivity index (χ4v) is 5.70. The summed E-state index contributed by atoms with van der Waals surface area (Å²) in [6.45, 7) is 0.810. The monoisotopic (exact) mass is 560 g/mol. The minimum atomic E-state index is -4.47. The van der Waals surface area contributed by atoms with Gasteiger partial charge in [-0.3, -0.25) is 19.3 Å². The predicted molar refractivity (Wildman–Crippen MR) is 142 cm³/mol. The van der Waals surface area contributed by atoms with Crippen molar-refractivity contribution in [1.29, 1.82) is 0 Å². The summed E-state index contributed by atoms with van der Waals surface area (Å²) in [5.41, 5.74) is 7.12. The molecule has 2 saturated heterocycles. The zero-order chi connectivity index (χ0) is 28.9. The van der Waals surface area contributed by atoms with E-state index in [0.717, 1.165) is 25.0 Å². The lowest BCUT2D eigenvalue weighted by Gasteiger charge is -2.32. The van der Waals surface area contributed by atoms with Crippen LogP contribution < -0.4 is 11.1 Å². The molecule has 1 unspecified atom stereocenters. The van der Waals surface area contributed by atoms with E-state index < -0.39 is 35.7 Å². The Kier molecular flexibility index (Phi) is 9.47. The molecule has 4 rings (SSSR count). The van der Waals surface area contributed by atoms with Gasteiger partial charge >= 0.3 is 12.1 Å². The molecule has 4 N–H and O–H groups in total.